The minimum atomic E-state index is 0. The van der Waals surface area contributed by atoms with Crippen LogP contribution in [-0.2, 0) is 6.42 Å². The number of hydrogen-bond acceptors (Lipinski definition) is 4. The molecule has 4 nitrogen and oxygen atoms in total. The molecule has 1 saturated heterocycles. The average molecular weight is 330 g/mol. The van der Waals surface area contributed by atoms with Crippen LogP contribution in [0.2, 0.25) is 0 Å². The van der Waals surface area contributed by atoms with E-state index in [1.165, 1.54) is 32.1 Å². The zero-order valence-corrected chi connectivity index (χ0v) is 13.9. The lowest BCUT2D eigenvalue weighted by Crippen LogP contribution is -2.49. The summed E-state index contributed by atoms with van der Waals surface area (Å²) in [5, 5.41) is 2.88. The van der Waals surface area contributed by atoms with Crippen molar-refractivity contribution in [3.63, 3.8) is 0 Å². The molecule has 1 amide bonds. The van der Waals surface area contributed by atoms with E-state index in [0.29, 0.717) is 18.3 Å². The Hall–Kier alpha value is -0.650. The van der Waals surface area contributed by atoms with E-state index in [2.05, 4.69) is 9.88 Å². The lowest BCUT2D eigenvalue weighted by atomic mass is 9.78. The van der Waals surface area contributed by atoms with E-state index in [0.717, 1.165) is 30.3 Å². The van der Waals surface area contributed by atoms with Crippen LogP contribution < -0.4 is 5.73 Å². The minimum Gasteiger partial charge on any atom is -0.334 e. The van der Waals surface area contributed by atoms with Gasteiger partial charge in [0.05, 0.1) is 5.01 Å². The summed E-state index contributed by atoms with van der Waals surface area (Å²) < 4.78 is 0. The van der Waals surface area contributed by atoms with Gasteiger partial charge in [-0.15, -0.1) is 23.7 Å². The third-order valence-electron chi connectivity index (χ3n) is 4.63. The average Bonchev–Trinajstić information content (AvgIpc) is 2.95. The van der Waals surface area contributed by atoms with E-state index in [9.17, 15) is 4.79 Å². The van der Waals surface area contributed by atoms with Gasteiger partial charge in [0, 0.05) is 24.4 Å². The minimum absolute atomic E-state index is 0. The third-order valence-corrected chi connectivity index (χ3v) is 5.54. The van der Waals surface area contributed by atoms with Gasteiger partial charge < -0.3 is 10.6 Å². The van der Waals surface area contributed by atoms with Gasteiger partial charge in [-0.05, 0) is 38.1 Å². The maximum Gasteiger partial charge on any atom is 0.273 e. The summed E-state index contributed by atoms with van der Waals surface area (Å²) in [7, 11) is 0. The van der Waals surface area contributed by atoms with Crippen molar-refractivity contribution < 1.29 is 4.79 Å². The number of thiazole rings is 1. The number of carbonyl (C=O) groups excluding carboxylic acids is 1. The number of fused-ring (bicyclic) bond motifs is 1. The van der Waals surface area contributed by atoms with Gasteiger partial charge in [-0.1, -0.05) is 12.8 Å². The second kappa shape index (κ2) is 7.56. The van der Waals surface area contributed by atoms with Gasteiger partial charge in [-0.25, -0.2) is 4.98 Å². The summed E-state index contributed by atoms with van der Waals surface area (Å²) in [6.45, 7) is 1.50. The number of nitrogens with two attached hydrogens (primary N) is 1. The normalized spacial score (nSPS) is 25.1. The van der Waals surface area contributed by atoms with Gasteiger partial charge in [0.2, 0.25) is 0 Å². The van der Waals surface area contributed by atoms with E-state index in [1.54, 1.807) is 11.3 Å². The molecule has 21 heavy (non-hydrogen) atoms. The molecule has 0 spiro atoms. The Labute approximate surface area is 136 Å². The number of rotatable bonds is 3. The molecule has 118 valence electrons. The van der Waals surface area contributed by atoms with Crippen molar-refractivity contribution in [2.24, 2.45) is 11.7 Å². The van der Waals surface area contributed by atoms with Crippen LogP contribution in [-0.4, -0.2) is 34.9 Å². The van der Waals surface area contributed by atoms with Crippen LogP contribution in [0.5, 0.6) is 0 Å². The topological polar surface area (TPSA) is 59.2 Å². The molecule has 2 N–H and O–H groups in total. The van der Waals surface area contributed by atoms with Crippen LogP contribution in [0.15, 0.2) is 5.38 Å². The molecule has 0 aromatic carbocycles. The van der Waals surface area contributed by atoms with Crippen molar-refractivity contribution in [3.8, 4) is 0 Å². The van der Waals surface area contributed by atoms with Crippen molar-refractivity contribution in [1.29, 1.82) is 0 Å². The summed E-state index contributed by atoms with van der Waals surface area (Å²) in [5.41, 5.74) is 6.18. The highest BCUT2D eigenvalue weighted by atomic mass is 35.5. The first-order valence-corrected chi connectivity index (χ1v) is 8.63. The van der Waals surface area contributed by atoms with E-state index >= 15 is 0 Å². The predicted octanol–water partition coefficient (Wildman–Crippen LogP) is 2.86. The smallest absolute Gasteiger partial charge is 0.273 e. The molecule has 1 aliphatic heterocycles. The zero-order valence-electron chi connectivity index (χ0n) is 12.3. The molecule has 0 bridgehead atoms. The molecular formula is C15H24ClN3OS. The molecule has 1 aliphatic carbocycles. The summed E-state index contributed by atoms with van der Waals surface area (Å²) in [6.07, 6.45) is 8.28. The standard InChI is InChI=1S/C15H23N3OS.ClH/c16-8-7-14-17-12(10-20-14)15(19)18-9-3-5-11-4-1-2-6-13(11)18;/h10-11,13H,1-9,16H2;1H. The van der Waals surface area contributed by atoms with Gasteiger partial charge in [-0.3, -0.25) is 4.79 Å². The van der Waals surface area contributed by atoms with Crippen molar-refractivity contribution >= 4 is 29.7 Å². The monoisotopic (exact) mass is 329 g/mol. The van der Waals surface area contributed by atoms with Crippen molar-refractivity contribution in [3.05, 3.63) is 16.1 Å². The second-order valence-corrected chi connectivity index (χ2v) is 6.86. The number of hydrogen-bond donors (Lipinski definition) is 1. The number of aromatic nitrogens is 1. The van der Waals surface area contributed by atoms with Gasteiger partial charge in [0.25, 0.3) is 5.91 Å². The van der Waals surface area contributed by atoms with E-state index < -0.39 is 0 Å². The Morgan fingerprint density at radius 1 is 1.33 bits per heavy atom. The van der Waals surface area contributed by atoms with Crippen LogP contribution in [0, 0.1) is 5.92 Å². The molecule has 2 aliphatic rings. The van der Waals surface area contributed by atoms with Crippen LogP contribution in [0.25, 0.3) is 0 Å². The summed E-state index contributed by atoms with van der Waals surface area (Å²) in [4.78, 5) is 19.3. The molecule has 1 aromatic heterocycles. The molecule has 1 aromatic rings. The molecule has 3 rings (SSSR count). The van der Waals surface area contributed by atoms with Crippen molar-refractivity contribution in [2.45, 2.75) is 51.0 Å². The predicted molar refractivity (Wildman–Crippen MR) is 88.1 cm³/mol. The first kappa shape index (κ1) is 16.7. The maximum atomic E-state index is 12.7. The van der Waals surface area contributed by atoms with Gasteiger partial charge in [0.1, 0.15) is 5.69 Å². The van der Waals surface area contributed by atoms with E-state index in [-0.39, 0.29) is 18.3 Å². The molecular weight excluding hydrogens is 306 g/mol. The molecule has 2 atom stereocenters. The summed E-state index contributed by atoms with van der Waals surface area (Å²) in [6, 6.07) is 0.463. The molecule has 1 saturated carbocycles. The molecule has 2 heterocycles. The van der Waals surface area contributed by atoms with Crippen LogP contribution in [0.4, 0.5) is 0 Å². The first-order valence-electron chi connectivity index (χ1n) is 7.75. The lowest BCUT2D eigenvalue weighted by Gasteiger charge is -2.43. The van der Waals surface area contributed by atoms with E-state index in [4.69, 9.17) is 5.73 Å². The largest absolute Gasteiger partial charge is 0.334 e. The Balaban J connectivity index is 0.00000161. The maximum absolute atomic E-state index is 12.7. The third kappa shape index (κ3) is 3.58. The SMILES string of the molecule is Cl.NCCc1nc(C(=O)N2CCCC3CCCCC32)cs1. The Kier molecular flexibility index (Phi) is 6.02. The first-order chi connectivity index (χ1) is 9.79. The van der Waals surface area contributed by atoms with Gasteiger partial charge in [-0.2, -0.15) is 0 Å². The number of piperidine rings is 1. The second-order valence-electron chi connectivity index (χ2n) is 5.92. The number of carbonyl (C=O) groups is 1. The molecule has 0 radical (unpaired) electrons. The van der Waals surface area contributed by atoms with Crippen LogP contribution in [0.1, 0.15) is 54.0 Å². The highest BCUT2D eigenvalue weighted by molar-refractivity contribution is 7.09. The van der Waals surface area contributed by atoms with Crippen LogP contribution in [0.3, 0.4) is 0 Å². The van der Waals surface area contributed by atoms with E-state index in [1.807, 2.05) is 5.38 Å². The fourth-order valence-corrected chi connectivity index (χ4v) is 4.46. The fraction of sp³-hybridized carbons (Fsp3) is 0.733. The number of halogens is 1. The Morgan fingerprint density at radius 2 is 2.10 bits per heavy atom. The number of likely N-dealkylation sites (tertiary alicyclic amines) is 1. The van der Waals surface area contributed by atoms with Gasteiger partial charge in [0.15, 0.2) is 0 Å². The van der Waals surface area contributed by atoms with Crippen molar-refractivity contribution in [1.82, 2.24) is 9.88 Å². The quantitative estimate of drug-likeness (QED) is 0.927. The molecule has 2 fully saturated rings. The fourth-order valence-electron chi connectivity index (χ4n) is 3.67. The lowest BCUT2D eigenvalue weighted by molar-refractivity contribution is 0.0386. The number of amides is 1. The summed E-state index contributed by atoms with van der Waals surface area (Å²) in [5.74, 6) is 0.865. The highest BCUT2D eigenvalue weighted by Crippen LogP contribution is 2.35. The van der Waals surface area contributed by atoms with Gasteiger partial charge >= 0.3 is 0 Å². The Bertz CT molecular complexity index is 477. The highest BCUT2D eigenvalue weighted by Gasteiger charge is 2.36. The molecule has 2 unspecified atom stereocenters. The summed E-state index contributed by atoms with van der Waals surface area (Å²) >= 11 is 1.56. The number of nitrogens with zero attached hydrogens (tertiary/aromatic N) is 2. The zero-order chi connectivity index (χ0) is 13.9. The van der Waals surface area contributed by atoms with Crippen LogP contribution >= 0.6 is 23.7 Å². The Morgan fingerprint density at radius 3 is 2.90 bits per heavy atom. The molecule has 6 heteroatoms. The van der Waals surface area contributed by atoms with Crippen molar-refractivity contribution in [2.75, 3.05) is 13.1 Å².